The van der Waals surface area contributed by atoms with Gasteiger partial charge in [-0.3, -0.25) is 4.68 Å². The lowest BCUT2D eigenvalue weighted by Gasteiger charge is -2.02. The molecular formula is C15H17N5O. The summed E-state index contributed by atoms with van der Waals surface area (Å²) in [5, 5.41) is 15.5. The van der Waals surface area contributed by atoms with Gasteiger partial charge in [0, 0.05) is 37.5 Å². The van der Waals surface area contributed by atoms with E-state index in [4.69, 9.17) is 4.42 Å². The molecule has 1 aromatic carbocycles. The van der Waals surface area contributed by atoms with Crippen LogP contribution in [-0.2, 0) is 20.0 Å². The Morgan fingerprint density at radius 2 is 2.00 bits per heavy atom. The predicted octanol–water partition coefficient (Wildman–Crippen LogP) is 1.80. The van der Waals surface area contributed by atoms with Crippen molar-refractivity contribution < 1.29 is 4.42 Å². The van der Waals surface area contributed by atoms with E-state index in [-0.39, 0.29) is 0 Å². The molecule has 6 nitrogen and oxygen atoms in total. The summed E-state index contributed by atoms with van der Waals surface area (Å²) in [7, 11) is 1.94. The topological polar surface area (TPSA) is 68.8 Å². The van der Waals surface area contributed by atoms with Gasteiger partial charge in [-0.1, -0.05) is 18.2 Å². The molecule has 108 valence electrons. The van der Waals surface area contributed by atoms with E-state index in [1.165, 1.54) is 5.69 Å². The Morgan fingerprint density at radius 1 is 1.14 bits per heavy atom. The van der Waals surface area contributed by atoms with Crippen LogP contribution in [0, 0.1) is 0 Å². The minimum absolute atomic E-state index is 0.555. The average Bonchev–Trinajstić information content (AvgIpc) is 3.14. The Morgan fingerprint density at radius 3 is 2.76 bits per heavy atom. The zero-order valence-electron chi connectivity index (χ0n) is 11.9. The SMILES string of the molecule is Cn1nccc1CCNCc1nnc(-c2ccccc2)o1. The molecule has 0 aliphatic heterocycles. The first kappa shape index (κ1) is 13.5. The first-order valence-electron chi connectivity index (χ1n) is 6.88. The minimum atomic E-state index is 0.555. The molecule has 0 radical (unpaired) electrons. The van der Waals surface area contributed by atoms with E-state index in [9.17, 15) is 0 Å². The highest BCUT2D eigenvalue weighted by atomic mass is 16.4. The maximum atomic E-state index is 5.63. The molecular weight excluding hydrogens is 266 g/mol. The summed E-state index contributed by atoms with van der Waals surface area (Å²) in [6.45, 7) is 1.40. The van der Waals surface area contributed by atoms with Gasteiger partial charge in [0.25, 0.3) is 0 Å². The van der Waals surface area contributed by atoms with E-state index in [1.807, 2.05) is 48.1 Å². The molecule has 0 bridgehead atoms. The highest BCUT2D eigenvalue weighted by molar-refractivity contribution is 5.51. The van der Waals surface area contributed by atoms with Crippen molar-refractivity contribution in [2.24, 2.45) is 7.05 Å². The lowest BCUT2D eigenvalue weighted by Crippen LogP contribution is -2.18. The maximum Gasteiger partial charge on any atom is 0.247 e. The molecule has 0 saturated heterocycles. The number of hydrogen-bond acceptors (Lipinski definition) is 5. The smallest absolute Gasteiger partial charge is 0.247 e. The van der Waals surface area contributed by atoms with Crippen LogP contribution in [-0.4, -0.2) is 26.5 Å². The molecule has 0 unspecified atom stereocenters. The third kappa shape index (κ3) is 3.35. The molecule has 0 saturated carbocycles. The van der Waals surface area contributed by atoms with Gasteiger partial charge >= 0.3 is 0 Å². The zero-order chi connectivity index (χ0) is 14.5. The van der Waals surface area contributed by atoms with Crippen LogP contribution < -0.4 is 5.32 Å². The first-order chi connectivity index (χ1) is 10.3. The van der Waals surface area contributed by atoms with Crippen molar-refractivity contribution in [2.45, 2.75) is 13.0 Å². The number of hydrogen-bond donors (Lipinski definition) is 1. The first-order valence-corrected chi connectivity index (χ1v) is 6.88. The molecule has 1 N–H and O–H groups in total. The fourth-order valence-electron chi connectivity index (χ4n) is 2.08. The molecule has 0 aliphatic carbocycles. The van der Waals surface area contributed by atoms with Crippen molar-refractivity contribution in [1.82, 2.24) is 25.3 Å². The standard InChI is InChI=1S/C15H17N5O/c1-20-13(8-10-17-20)7-9-16-11-14-18-19-15(21-14)12-5-3-2-4-6-12/h2-6,8,10,16H,7,9,11H2,1H3. The molecule has 0 fully saturated rings. The van der Waals surface area contributed by atoms with Crippen molar-refractivity contribution in [1.29, 1.82) is 0 Å². The predicted molar refractivity (Wildman–Crippen MR) is 78.4 cm³/mol. The van der Waals surface area contributed by atoms with Gasteiger partial charge in [0.05, 0.1) is 6.54 Å². The second kappa shape index (κ2) is 6.32. The van der Waals surface area contributed by atoms with Gasteiger partial charge in [0.15, 0.2) is 0 Å². The quantitative estimate of drug-likeness (QED) is 0.699. The average molecular weight is 283 g/mol. The van der Waals surface area contributed by atoms with Crippen molar-refractivity contribution in [3.05, 3.63) is 54.2 Å². The van der Waals surface area contributed by atoms with Gasteiger partial charge in [0.1, 0.15) is 0 Å². The lowest BCUT2D eigenvalue weighted by molar-refractivity contribution is 0.477. The van der Waals surface area contributed by atoms with Crippen LogP contribution in [0.15, 0.2) is 47.0 Å². The monoisotopic (exact) mass is 283 g/mol. The van der Waals surface area contributed by atoms with Gasteiger partial charge in [-0.25, -0.2) is 0 Å². The molecule has 2 heterocycles. The number of nitrogens with zero attached hydrogens (tertiary/aromatic N) is 4. The fourth-order valence-corrected chi connectivity index (χ4v) is 2.08. The van der Waals surface area contributed by atoms with E-state index in [0.29, 0.717) is 18.3 Å². The molecule has 2 aromatic heterocycles. The van der Waals surface area contributed by atoms with Crippen LogP contribution in [0.4, 0.5) is 0 Å². The van der Waals surface area contributed by atoms with Gasteiger partial charge in [-0.2, -0.15) is 5.10 Å². The van der Waals surface area contributed by atoms with Crippen LogP contribution >= 0.6 is 0 Å². The van der Waals surface area contributed by atoms with E-state index < -0.39 is 0 Å². The molecule has 0 atom stereocenters. The Kier molecular flexibility index (Phi) is 4.07. The minimum Gasteiger partial charge on any atom is -0.419 e. The largest absolute Gasteiger partial charge is 0.419 e. The molecule has 0 amide bonds. The highest BCUT2D eigenvalue weighted by Gasteiger charge is 2.07. The number of aromatic nitrogens is 4. The number of benzene rings is 1. The Bertz CT molecular complexity index is 689. The summed E-state index contributed by atoms with van der Waals surface area (Å²) < 4.78 is 7.51. The normalized spacial score (nSPS) is 10.9. The Labute approximate surface area is 122 Å². The second-order valence-electron chi connectivity index (χ2n) is 4.74. The third-order valence-electron chi connectivity index (χ3n) is 3.24. The molecule has 0 spiro atoms. The summed E-state index contributed by atoms with van der Waals surface area (Å²) in [4.78, 5) is 0. The van der Waals surface area contributed by atoms with Crippen molar-refractivity contribution in [3.63, 3.8) is 0 Å². The Balaban J connectivity index is 1.50. The Hall–Kier alpha value is -2.47. The summed E-state index contributed by atoms with van der Waals surface area (Å²) >= 11 is 0. The van der Waals surface area contributed by atoms with Gasteiger partial charge in [-0.15, -0.1) is 10.2 Å². The summed E-state index contributed by atoms with van der Waals surface area (Å²) in [5.74, 6) is 1.15. The molecule has 21 heavy (non-hydrogen) atoms. The van der Waals surface area contributed by atoms with Gasteiger partial charge in [-0.05, 0) is 18.2 Å². The van der Waals surface area contributed by atoms with Crippen LogP contribution in [0.3, 0.4) is 0 Å². The molecule has 3 rings (SSSR count). The third-order valence-corrected chi connectivity index (χ3v) is 3.24. The van der Waals surface area contributed by atoms with Gasteiger partial charge < -0.3 is 9.73 Å². The van der Waals surface area contributed by atoms with Crippen LogP contribution in [0.25, 0.3) is 11.5 Å². The molecule has 6 heteroatoms. The summed E-state index contributed by atoms with van der Waals surface area (Å²) in [6, 6.07) is 11.8. The zero-order valence-corrected chi connectivity index (χ0v) is 11.9. The molecule has 3 aromatic rings. The number of nitrogens with one attached hydrogen (secondary N) is 1. The van der Waals surface area contributed by atoms with Crippen LogP contribution in [0.2, 0.25) is 0 Å². The van der Waals surface area contributed by atoms with E-state index in [2.05, 4.69) is 20.6 Å². The van der Waals surface area contributed by atoms with E-state index in [1.54, 1.807) is 6.20 Å². The number of aryl methyl sites for hydroxylation is 1. The number of rotatable bonds is 6. The maximum absolute atomic E-state index is 5.63. The van der Waals surface area contributed by atoms with Crippen molar-refractivity contribution in [3.8, 4) is 11.5 Å². The molecule has 0 aliphatic rings. The van der Waals surface area contributed by atoms with Gasteiger partial charge in [0.2, 0.25) is 11.8 Å². The van der Waals surface area contributed by atoms with Crippen LogP contribution in [0.1, 0.15) is 11.6 Å². The summed E-state index contributed by atoms with van der Waals surface area (Å²) in [6.07, 6.45) is 2.72. The van der Waals surface area contributed by atoms with E-state index in [0.717, 1.165) is 18.5 Å². The van der Waals surface area contributed by atoms with E-state index >= 15 is 0 Å². The lowest BCUT2D eigenvalue weighted by atomic mass is 10.2. The van der Waals surface area contributed by atoms with Crippen molar-refractivity contribution >= 4 is 0 Å². The van der Waals surface area contributed by atoms with Crippen LogP contribution in [0.5, 0.6) is 0 Å². The highest BCUT2D eigenvalue weighted by Crippen LogP contribution is 2.16. The fraction of sp³-hybridized carbons (Fsp3) is 0.267. The second-order valence-corrected chi connectivity index (χ2v) is 4.74. The summed E-state index contributed by atoms with van der Waals surface area (Å²) in [5.41, 5.74) is 2.13. The van der Waals surface area contributed by atoms with Crippen molar-refractivity contribution in [2.75, 3.05) is 6.54 Å².